The Bertz CT molecular complexity index is 1340. The molecule has 0 spiro atoms. The molecule has 2 atom stereocenters. The smallest absolute Gasteiger partial charge is 0.302 e. The van der Waals surface area contributed by atoms with E-state index < -0.39 is 5.91 Å². The number of carbonyl (C=O) groups is 1. The van der Waals surface area contributed by atoms with Crippen LogP contribution in [-0.2, 0) is 11.5 Å². The van der Waals surface area contributed by atoms with Crippen molar-refractivity contribution in [2.45, 2.75) is 66.6 Å². The normalized spacial score (nSPS) is 23.5. The number of nitrogens with zero attached hydrogens (tertiary/aromatic N) is 4. The molecule has 7 nitrogen and oxygen atoms in total. The molecule has 2 fully saturated rings. The van der Waals surface area contributed by atoms with Crippen molar-refractivity contribution in [2.24, 2.45) is 21.1 Å². The summed E-state index contributed by atoms with van der Waals surface area (Å²) in [5.74, 6) is 0.190. The number of hydrogen-bond acceptors (Lipinski definition) is 5. The van der Waals surface area contributed by atoms with E-state index >= 15 is 0 Å². The Balaban J connectivity index is 1.36. The first-order valence-corrected chi connectivity index (χ1v) is 12.7. The second-order valence-electron chi connectivity index (χ2n) is 11.8. The van der Waals surface area contributed by atoms with E-state index in [1.165, 1.54) is 12.8 Å². The predicted octanol–water partition coefficient (Wildman–Crippen LogP) is 6.51. The number of aromatic nitrogens is 1. The zero-order valence-electron chi connectivity index (χ0n) is 21.9. The molecular weight excluding hydrogens is 452 g/mol. The number of rotatable bonds is 6. The highest BCUT2D eigenvalue weighted by atomic mass is 16.5. The number of fused-ring (bicyclic) bond motifs is 3. The highest BCUT2D eigenvalue weighted by Crippen LogP contribution is 2.53. The SMILES string of the molecule is Cc1cccc(OCC(=O)N=Nc2c(O)n(CN3CC4(C)CC3CC(C)(C)C4)c3ccccc23)c1C. The fourth-order valence-corrected chi connectivity index (χ4v) is 6.59. The van der Waals surface area contributed by atoms with Gasteiger partial charge in [-0.15, -0.1) is 10.2 Å². The minimum atomic E-state index is -0.504. The summed E-state index contributed by atoms with van der Waals surface area (Å²) >= 11 is 0. The van der Waals surface area contributed by atoms with Gasteiger partial charge in [-0.1, -0.05) is 51.1 Å². The van der Waals surface area contributed by atoms with Gasteiger partial charge in [0.15, 0.2) is 12.3 Å². The zero-order valence-corrected chi connectivity index (χ0v) is 21.9. The van der Waals surface area contributed by atoms with Crippen molar-refractivity contribution < 1.29 is 14.6 Å². The summed E-state index contributed by atoms with van der Waals surface area (Å²) in [7, 11) is 0. The van der Waals surface area contributed by atoms with Crippen LogP contribution in [0.15, 0.2) is 52.7 Å². The van der Waals surface area contributed by atoms with Gasteiger partial charge in [-0.25, -0.2) is 0 Å². The molecule has 2 bridgehead atoms. The van der Waals surface area contributed by atoms with Crippen molar-refractivity contribution in [3.63, 3.8) is 0 Å². The molecular formula is C29H36N4O3. The van der Waals surface area contributed by atoms with E-state index in [0.717, 1.165) is 35.0 Å². The van der Waals surface area contributed by atoms with Gasteiger partial charge in [-0.2, -0.15) is 0 Å². The Labute approximate surface area is 212 Å². The largest absolute Gasteiger partial charge is 0.493 e. The van der Waals surface area contributed by atoms with E-state index in [-0.39, 0.29) is 12.5 Å². The molecule has 1 saturated heterocycles. The van der Waals surface area contributed by atoms with Crippen molar-refractivity contribution in [3.8, 4) is 11.6 Å². The molecule has 1 aromatic heterocycles. The van der Waals surface area contributed by atoms with E-state index in [2.05, 4.69) is 35.9 Å². The van der Waals surface area contributed by atoms with Crippen molar-refractivity contribution >= 4 is 22.5 Å². The lowest BCUT2D eigenvalue weighted by Gasteiger charge is -2.40. The van der Waals surface area contributed by atoms with Crippen LogP contribution in [0.4, 0.5) is 5.69 Å². The van der Waals surface area contributed by atoms with Crippen LogP contribution in [0.5, 0.6) is 11.6 Å². The van der Waals surface area contributed by atoms with E-state index in [0.29, 0.717) is 35.0 Å². The van der Waals surface area contributed by atoms with E-state index in [4.69, 9.17) is 4.74 Å². The second-order valence-corrected chi connectivity index (χ2v) is 11.8. The first kappa shape index (κ1) is 24.5. The molecule has 1 amide bonds. The Morgan fingerprint density at radius 2 is 1.89 bits per heavy atom. The number of benzene rings is 2. The van der Waals surface area contributed by atoms with Crippen LogP contribution < -0.4 is 4.74 Å². The van der Waals surface area contributed by atoms with Crippen molar-refractivity contribution in [3.05, 3.63) is 53.6 Å². The van der Waals surface area contributed by atoms with Crippen molar-refractivity contribution in [2.75, 3.05) is 13.2 Å². The van der Waals surface area contributed by atoms with Crippen LogP contribution in [-0.4, -0.2) is 39.7 Å². The maximum Gasteiger partial charge on any atom is 0.302 e. The third kappa shape index (κ3) is 4.64. The molecule has 3 aromatic rings. The summed E-state index contributed by atoms with van der Waals surface area (Å²) in [6.45, 7) is 12.5. The number of aromatic hydroxyl groups is 1. The Hall–Kier alpha value is -3.19. The van der Waals surface area contributed by atoms with Gasteiger partial charge >= 0.3 is 5.91 Å². The van der Waals surface area contributed by atoms with Gasteiger partial charge in [-0.05, 0) is 67.2 Å². The van der Waals surface area contributed by atoms with Crippen LogP contribution in [0, 0.1) is 24.7 Å². The summed E-state index contributed by atoms with van der Waals surface area (Å²) in [5, 5.41) is 20.0. The van der Waals surface area contributed by atoms with Gasteiger partial charge < -0.3 is 9.84 Å². The maximum absolute atomic E-state index is 12.5. The lowest BCUT2D eigenvalue weighted by molar-refractivity contribution is -0.120. The summed E-state index contributed by atoms with van der Waals surface area (Å²) in [5.41, 5.74) is 3.92. The molecule has 1 aliphatic heterocycles. The average molecular weight is 489 g/mol. The van der Waals surface area contributed by atoms with Crippen molar-refractivity contribution in [1.29, 1.82) is 0 Å². The molecule has 0 radical (unpaired) electrons. The molecule has 36 heavy (non-hydrogen) atoms. The van der Waals surface area contributed by atoms with Crippen molar-refractivity contribution in [1.82, 2.24) is 9.47 Å². The topological polar surface area (TPSA) is 79.4 Å². The molecule has 2 aromatic carbocycles. The van der Waals surface area contributed by atoms with Crippen LogP contribution in [0.25, 0.3) is 10.9 Å². The molecule has 1 N–H and O–H groups in total. The molecule has 2 heterocycles. The highest BCUT2D eigenvalue weighted by molar-refractivity contribution is 5.95. The third-order valence-electron chi connectivity index (χ3n) is 7.93. The van der Waals surface area contributed by atoms with E-state index in [1.807, 2.05) is 60.9 Å². The third-order valence-corrected chi connectivity index (χ3v) is 7.93. The standard InChI is InChI=1S/C29H36N4O3/c1-19-9-8-12-24(20(19)2)36-15-25(34)30-31-26-22-10-6-7-11-23(22)33(27(26)35)18-32-17-29(5)14-21(32)13-28(3,4)16-29/h6-12,21,35H,13-18H2,1-5H3. The highest BCUT2D eigenvalue weighted by Gasteiger charge is 2.49. The molecule has 190 valence electrons. The average Bonchev–Trinajstić information content (AvgIpc) is 3.21. The number of para-hydroxylation sites is 1. The van der Waals surface area contributed by atoms with Crippen LogP contribution >= 0.6 is 0 Å². The number of aryl methyl sites for hydroxylation is 1. The number of likely N-dealkylation sites (tertiary alicyclic amines) is 1. The van der Waals surface area contributed by atoms with Gasteiger partial charge in [-0.3, -0.25) is 14.3 Å². The maximum atomic E-state index is 12.5. The number of amides is 1. The van der Waals surface area contributed by atoms with E-state index in [1.54, 1.807) is 0 Å². The fourth-order valence-electron chi connectivity index (χ4n) is 6.59. The van der Waals surface area contributed by atoms with Gasteiger partial charge in [0, 0.05) is 18.0 Å². The van der Waals surface area contributed by atoms with E-state index in [9.17, 15) is 9.90 Å². The first-order valence-electron chi connectivity index (χ1n) is 12.7. The number of carbonyl (C=O) groups excluding carboxylic acids is 1. The number of ether oxygens (including phenoxy) is 1. The lowest BCUT2D eigenvalue weighted by atomic mass is 9.65. The molecule has 2 unspecified atom stereocenters. The summed E-state index contributed by atoms with van der Waals surface area (Å²) < 4.78 is 7.57. The van der Waals surface area contributed by atoms with Gasteiger partial charge in [0.05, 0.1) is 12.2 Å². The Kier molecular flexibility index (Phi) is 6.15. The zero-order chi connectivity index (χ0) is 25.7. The summed E-state index contributed by atoms with van der Waals surface area (Å²) in [6, 6.07) is 14.0. The minimum Gasteiger partial charge on any atom is -0.493 e. The van der Waals surface area contributed by atoms with Gasteiger partial charge in [0.25, 0.3) is 0 Å². The van der Waals surface area contributed by atoms with Gasteiger partial charge in [0.1, 0.15) is 5.75 Å². The number of hydrogen-bond donors (Lipinski definition) is 1. The lowest BCUT2D eigenvalue weighted by Crippen LogP contribution is -2.35. The molecule has 7 heteroatoms. The fraction of sp³-hybridized carbons (Fsp3) is 0.483. The minimum absolute atomic E-state index is 0.0362. The summed E-state index contributed by atoms with van der Waals surface area (Å²) in [6.07, 6.45) is 3.57. The Morgan fingerprint density at radius 1 is 1.11 bits per heavy atom. The monoisotopic (exact) mass is 488 g/mol. The van der Waals surface area contributed by atoms with Crippen LogP contribution in [0.3, 0.4) is 0 Å². The molecule has 1 aliphatic carbocycles. The molecule has 2 aliphatic rings. The number of azo groups is 1. The quantitative estimate of drug-likeness (QED) is 0.401. The first-order chi connectivity index (χ1) is 17.1. The Morgan fingerprint density at radius 3 is 2.69 bits per heavy atom. The van der Waals surface area contributed by atoms with Gasteiger partial charge in [0.2, 0.25) is 5.88 Å². The van der Waals surface area contributed by atoms with Crippen LogP contribution in [0.1, 0.15) is 51.2 Å². The molecule has 5 rings (SSSR count). The summed E-state index contributed by atoms with van der Waals surface area (Å²) in [4.78, 5) is 14.9. The second kappa shape index (κ2) is 9.04. The predicted molar refractivity (Wildman–Crippen MR) is 141 cm³/mol. The molecule has 1 saturated carbocycles. The van der Waals surface area contributed by atoms with Crippen LogP contribution in [0.2, 0.25) is 0 Å².